The van der Waals surface area contributed by atoms with Gasteiger partial charge in [0.15, 0.2) is 0 Å². The Morgan fingerprint density at radius 3 is 2.71 bits per heavy atom. The number of amides is 1. The largest absolute Gasteiger partial charge is 0.496 e. The molecule has 1 aromatic carbocycles. The summed E-state index contributed by atoms with van der Waals surface area (Å²) in [6, 6.07) is 8.34. The molecule has 2 heterocycles. The number of nitrogens with one attached hydrogen (secondary N) is 1. The van der Waals surface area contributed by atoms with Gasteiger partial charge in [-0.3, -0.25) is 9.78 Å². The molecule has 4 rings (SSSR count). The van der Waals surface area contributed by atoms with Crippen LogP contribution >= 0.6 is 0 Å². The Labute approximate surface area is 164 Å². The molecule has 1 saturated heterocycles. The highest BCUT2D eigenvalue weighted by molar-refractivity contribution is 5.94. The number of hydrogen-bond acceptors (Lipinski definition) is 4. The highest BCUT2D eigenvalue weighted by Gasteiger charge is 2.44. The van der Waals surface area contributed by atoms with E-state index in [1.54, 1.807) is 19.4 Å². The number of carbonyl (C=O) groups is 1. The fourth-order valence-electron chi connectivity index (χ4n) is 3.94. The van der Waals surface area contributed by atoms with Crippen LogP contribution in [0.5, 0.6) is 5.75 Å². The molecule has 2 aliphatic rings. The van der Waals surface area contributed by atoms with Crippen LogP contribution in [-0.4, -0.2) is 36.6 Å². The molecule has 1 aromatic heterocycles. The van der Waals surface area contributed by atoms with Crippen LogP contribution in [0.2, 0.25) is 0 Å². The zero-order valence-corrected chi connectivity index (χ0v) is 16.2. The van der Waals surface area contributed by atoms with Gasteiger partial charge < -0.3 is 15.0 Å². The summed E-state index contributed by atoms with van der Waals surface area (Å²) in [5.41, 5.74) is 1.91. The summed E-state index contributed by atoms with van der Waals surface area (Å²) < 4.78 is 19.0. The van der Waals surface area contributed by atoms with Crippen molar-refractivity contribution in [3.63, 3.8) is 0 Å². The van der Waals surface area contributed by atoms with E-state index >= 15 is 0 Å². The Balaban J connectivity index is 1.47. The van der Waals surface area contributed by atoms with E-state index in [4.69, 9.17) is 4.74 Å². The third-order valence-electron chi connectivity index (χ3n) is 5.70. The Hall–Kier alpha value is -2.63. The van der Waals surface area contributed by atoms with E-state index in [0.29, 0.717) is 17.9 Å². The predicted octanol–water partition coefficient (Wildman–Crippen LogP) is 3.72. The van der Waals surface area contributed by atoms with E-state index < -0.39 is 0 Å². The number of nitrogens with zero attached hydrogens (tertiary/aromatic N) is 2. The van der Waals surface area contributed by atoms with Crippen LogP contribution in [0, 0.1) is 5.82 Å². The summed E-state index contributed by atoms with van der Waals surface area (Å²) in [6.07, 6.45) is 7.61. The molecular weight excluding hydrogens is 357 g/mol. The molecule has 1 saturated carbocycles. The first-order valence-corrected chi connectivity index (χ1v) is 9.94. The molecule has 5 nitrogen and oxygen atoms in total. The molecule has 2 aromatic rings. The van der Waals surface area contributed by atoms with E-state index in [9.17, 15) is 9.18 Å². The van der Waals surface area contributed by atoms with Crippen LogP contribution in [0.3, 0.4) is 0 Å². The van der Waals surface area contributed by atoms with E-state index in [1.165, 1.54) is 31.4 Å². The predicted molar refractivity (Wildman–Crippen MR) is 106 cm³/mol. The van der Waals surface area contributed by atoms with Gasteiger partial charge in [-0.25, -0.2) is 4.39 Å². The van der Waals surface area contributed by atoms with Crippen LogP contribution in [0.4, 0.5) is 10.1 Å². The molecule has 0 bridgehead atoms. The first kappa shape index (κ1) is 18.7. The minimum atomic E-state index is -0.346. The lowest BCUT2D eigenvalue weighted by Gasteiger charge is -2.29. The van der Waals surface area contributed by atoms with Crippen molar-refractivity contribution in [2.45, 2.75) is 44.1 Å². The maximum absolute atomic E-state index is 13.7. The molecular formula is C22H26FN3O2. The minimum Gasteiger partial charge on any atom is -0.496 e. The number of rotatable bonds is 6. The van der Waals surface area contributed by atoms with Crippen molar-refractivity contribution in [3.8, 4) is 5.75 Å². The number of aromatic nitrogens is 1. The van der Waals surface area contributed by atoms with Crippen LogP contribution in [0.1, 0.15) is 48.2 Å². The van der Waals surface area contributed by atoms with Gasteiger partial charge in [-0.1, -0.05) is 0 Å². The van der Waals surface area contributed by atoms with E-state index in [0.717, 1.165) is 37.2 Å². The quantitative estimate of drug-likeness (QED) is 0.826. The maximum atomic E-state index is 13.7. The van der Waals surface area contributed by atoms with Gasteiger partial charge >= 0.3 is 0 Å². The topological polar surface area (TPSA) is 54.5 Å². The second-order valence-corrected chi connectivity index (χ2v) is 7.81. The van der Waals surface area contributed by atoms with Gasteiger partial charge in [0.2, 0.25) is 0 Å². The van der Waals surface area contributed by atoms with Gasteiger partial charge in [0.05, 0.1) is 7.11 Å². The third kappa shape index (κ3) is 4.11. The molecule has 1 aliphatic carbocycles. The smallest absolute Gasteiger partial charge is 0.270 e. The molecule has 0 atom stereocenters. The normalized spacial score (nSPS) is 17.9. The van der Waals surface area contributed by atoms with E-state index in [-0.39, 0.29) is 17.3 Å². The fourth-order valence-corrected chi connectivity index (χ4v) is 3.94. The van der Waals surface area contributed by atoms with Gasteiger partial charge in [-0.15, -0.1) is 0 Å². The number of anilines is 1. The zero-order chi connectivity index (χ0) is 19.6. The van der Waals surface area contributed by atoms with Crippen molar-refractivity contribution >= 4 is 11.6 Å². The number of ether oxygens (including phenoxy) is 1. The van der Waals surface area contributed by atoms with Crippen molar-refractivity contribution in [1.82, 2.24) is 10.3 Å². The van der Waals surface area contributed by atoms with E-state index in [1.807, 2.05) is 12.1 Å². The molecule has 0 spiro atoms. The first-order valence-electron chi connectivity index (χ1n) is 9.94. The average Bonchev–Trinajstić information content (AvgIpc) is 3.47. The summed E-state index contributed by atoms with van der Waals surface area (Å²) in [5, 5.41) is 3.14. The number of methoxy groups -OCH3 is 1. The summed E-state index contributed by atoms with van der Waals surface area (Å²) in [6.45, 7) is 2.04. The highest BCUT2D eigenvalue weighted by atomic mass is 19.1. The summed E-state index contributed by atoms with van der Waals surface area (Å²) in [7, 11) is 1.57. The molecule has 28 heavy (non-hydrogen) atoms. The summed E-state index contributed by atoms with van der Waals surface area (Å²) in [4.78, 5) is 19.4. The Morgan fingerprint density at radius 1 is 1.21 bits per heavy atom. The van der Waals surface area contributed by atoms with Gasteiger partial charge in [-0.2, -0.15) is 0 Å². The lowest BCUT2D eigenvalue weighted by Crippen LogP contribution is -2.39. The summed E-state index contributed by atoms with van der Waals surface area (Å²) in [5.74, 6) is 0.174. The Bertz CT molecular complexity index is 861. The molecule has 1 amide bonds. The second kappa shape index (κ2) is 7.78. The molecule has 2 fully saturated rings. The van der Waals surface area contributed by atoms with Gasteiger partial charge in [-0.05, 0) is 74.4 Å². The van der Waals surface area contributed by atoms with Gasteiger partial charge in [0.25, 0.3) is 5.91 Å². The molecule has 1 aliphatic heterocycles. The minimum absolute atomic E-state index is 0.174. The average molecular weight is 383 g/mol. The monoisotopic (exact) mass is 383 g/mol. The molecule has 1 N–H and O–H groups in total. The lowest BCUT2D eigenvalue weighted by atomic mass is 10.0. The molecule has 0 unspecified atom stereocenters. The van der Waals surface area contributed by atoms with Gasteiger partial charge in [0, 0.05) is 30.5 Å². The number of hydrogen-bond donors (Lipinski definition) is 1. The van der Waals surface area contributed by atoms with Gasteiger partial charge in [0.1, 0.15) is 17.3 Å². The van der Waals surface area contributed by atoms with E-state index in [2.05, 4.69) is 15.2 Å². The van der Waals surface area contributed by atoms with Crippen LogP contribution in [-0.2, 0) is 6.42 Å². The number of carbonyl (C=O) groups excluding carboxylic acids is 1. The first-order chi connectivity index (χ1) is 13.6. The Kier molecular flexibility index (Phi) is 5.20. The maximum Gasteiger partial charge on any atom is 0.270 e. The molecule has 148 valence electrons. The zero-order valence-electron chi connectivity index (χ0n) is 16.2. The van der Waals surface area contributed by atoms with Crippen molar-refractivity contribution < 1.29 is 13.9 Å². The number of pyridine rings is 1. The fraction of sp³-hybridized carbons (Fsp3) is 0.455. The second-order valence-electron chi connectivity index (χ2n) is 7.81. The molecule has 6 heteroatoms. The van der Waals surface area contributed by atoms with Crippen molar-refractivity contribution in [3.05, 3.63) is 53.6 Å². The number of piperidine rings is 1. The van der Waals surface area contributed by atoms with Crippen molar-refractivity contribution in [2.75, 3.05) is 25.1 Å². The SMILES string of the molecule is COc1ccc(F)cc1CC1(NC(=O)c2cc(N3CCCCC3)ccn2)CC1. The van der Waals surface area contributed by atoms with Crippen LogP contribution in [0.15, 0.2) is 36.5 Å². The highest BCUT2D eigenvalue weighted by Crippen LogP contribution is 2.40. The van der Waals surface area contributed by atoms with Crippen LogP contribution in [0.25, 0.3) is 0 Å². The standard InChI is InChI=1S/C22H26FN3O2/c1-28-20-6-5-17(23)13-16(20)15-22(8-9-22)25-21(27)19-14-18(7-10-24-19)26-11-3-2-4-12-26/h5-7,10,13-14H,2-4,8-9,11-12,15H2,1H3,(H,25,27). The molecule has 0 radical (unpaired) electrons. The summed E-state index contributed by atoms with van der Waals surface area (Å²) >= 11 is 0. The Morgan fingerprint density at radius 2 is 2.00 bits per heavy atom. The van der Waals surface area contributed by atoms with Crippen LogP contribution < -0.4 is 15.0 Å². The lowest BCUT2D eigenvalue weighted by molar-refractivity contribution is 0.0926. The van der Waals surface area contributed by atoms with Crippen molar-refractivity contribution in [1.29, 1.82) is 0 Å². The number of benzene rings is 1. The third-order valence-corrected chi connectivity index (χ3v) is 5.70. The number of halogens is 1. The van der Waals surface area contributed by atoms with Crippen molar-refractivity contribution in [2.24, 2.45) is 0 Å².